The molecule has 0 atom stereocenters. The first-order valence-electron chi connectivity index (χ1n) is 8.78. The van der Waals surface area contributed by atoms with Crippen LogP contribution in [0.25, 0.3) is 0 Å². The molecule has 1 saturated heterocycles. The van der Waals surface area contributed by atoms with Crippen LogP contribution in [0.15, 0.2) is 24.3 Å². The zero-order chi connectivity index (χ0) is 18.5. The number of hydrogen-bond acceptors (Lipinski definition) is 6. The monoisotopic (exact) mass is 378 g/mol. The van der Waals surface area contributed by atoms with Crippen LogP contribution in [0.1, 0.15) is 37.3 Å². The van der Waals surface area contributed by atoms with Crippen LogP contribution in [0, 0.1) is 5.82 Å². The molecule has 0 saturated carbocycles. The van der Waals surface area contributed by atoms with E-state index in [1.54, 1.807) is 17.0 Å². The number of nitrogens with one attached hydrogen (secondary N) is 1. The van der Waals surface area contributed by atoms with Gasteiger partial charge in [-0.05, 0) is 44.4 Å². The summed E-state index contributed by atoms with van der Waals surface area (Å²) >= 11 is 1.51. The third-order valence-electron chi connectivity index (χ3n) is 4.15. The number of piperidine rings is 1. The van der Waals surface area contributed by atoms with Gasteiger partial charge in [-0.2, -0.15) is 0 Å². The zero-order valence-corrected chi connectivity index (χ0v) is 15.8. The van der Waals surface area contributed by atoms with E-state index in [1.807, 2.05) is 13.8 Å². The van der Waals surface area contributed by atoms with Crippen molar-refractivity contribution >= 4 is 22.6 Å². The molecule has 3 rings (SSSR count). The van der Waals surface area contributed by atoms with Crippen LogP contribution in [-0.2, 0) is 11.2 Å². The molecular weight excluding hydrogens is 355 g/mol. The van der Waals surface area contributed by atoms with Gasteiger partial charge in [0.1, 0.15) is 10.8 Å². The second-order valence-electron chi connectivity index (χ2n) is 6.64. The van der Waals surface area contributed by atoms with E-state index in [2.05, 4.69) is 15.5 Å². The number of carbonyl (C=O) groups is 1. The molecule has 0 spiro atoms. The third-order valence-corrected chi connectivity index (χ3v) is 5.01. The molecule has 140 valence electrons. The molecule has 26 heavy (non-hydrogen) atoms. The number of rotatable bonds is 5. The largest absolute Gasteiger partial charge is 0.447 e. The first kappa shape index (κ1) is 18.6. The average Bonchev–Trinajstić information content (AvgIpc) is 3.04. The Morgan fingerprint density at radius 2 is 2.00 bits per heavy atom. The van der Waals surface area contributed by atoms with E-state index in [1.165, 1.54) is 23.5 Å². The number of aromatic nitrogens is 2. The first-order valence-corrected chi connectivity index (χ1v) is 9.60. The number of nitrogens with zero attached hydrogens (tertiary/aromatic N) is 3. The Morgan fingerprint density at radius 1 is 1.31 bits per heavy atom. The van der Waals surface area contributed by atoms with Crippen LogP contribution in [0.2, 0.25) is 0 Å². The molecule has 0 aliphatic carbocycles. The predicted octanol–water partition coefficient (Wildman–Crippen LogP) is 3.69. The molecule has 1 aliphatic heterocycles. The standard InChI is InChI=1S/C18H23FN4O2S/c1-12(2)25-18(24)23-9-7-15(8-10-23)20-17-22-21-16(26-17)11-13-3-5-14(19)6-4-13/h3-6,12,15H,7-11H2,1-2H3,(H,20,22). The number of anilines is 1. The molecule has 6 nitrogen and oxygen atoms in total. The fraction of sp³-hybridized carbons (Fsp3) is 0.500. The molecule has 2 heterocycles. The van der Waals surface area contributed by atoms with E-state index in [4.69, 9.17) is 4.74 Å². The molecule has 0 radical (unpaired) electrons. The SMILES string of the molecule is CC(C)OC(=O)N1CCC(Nc2nnc(Cc3ccc(F)cc3)s2)CC1. The lowest BCUT2D eigenvalue weighted by molar-refractivity contribution is 0.0701. The Labute approximate surface area is 156 Å². The van der Waals surface area contributed by atoms with Crippen LogP contribution in [0.3, 0.4) is 0 Å². The highest BCUT2D eigenvalue weighted by atomic mass is 32.1. The Morgan fingerprint density at radius 3 is 2.65 bits per heavy atom. The fourth-order valence-electron chi connectivity index (χ4n) is 2.82. The van der Waals surface area contributed by atoms with Crippen molar-refractivity contribution in [3.63, 3.8) is 0 Å². The van der Waals surface area contributed by atoms with Gasteiger partial charge in [0.05, 0.1) is 6.10 Å². The van der Waals surface area contributed by atoms with Gasteiger partial charge in [-0.1, -0.05) is 23.5 Å². The van der Waals surface area contributed by atoms with Crippen molar-refractivity contribution in [1.82, 2.24) is 15.1 Å². The summed E-state index contributed by atoms with van der Waals surface area (Å²) in [6.07, 6.45) is 1.99. The quantitative estimate of drug-likeness (QED) is 0.859. The van der Waals surface area contributed by atoms with Crippen LogP contribution in [-0.4, -0.2) is 46.4 Å². The van der Waals surface area contributed by atoms with Crippen LogP contribution in [0.5, 0.6) is 0 Å². The summed E-state index contributed by atoms with van der Waals surface area (Å²) in [5, 5.41) is 13.5. The molecule has 0 unspecified atom stereocenters. The Bertz CT molecular complexity index is 727. The lowest BCUT2D eigenvalue weighted by Crippen LogP contribution is -2.43. The lowest BCUT2D eigenvalue weighted by Gasteiger charge is -2.32. The van der Waals surface area contributed by atoms with Crippen LogP contribution < -0.4 is 5.32 Å². The second kappa shape index (κ2) is 8.44. The minimum absolute atomic E-state index is 0.0979. The number of ether oxygens (including phenoxy) is 1. The van der Waals surface area contributed by atoms with Crippen molar-refractivity contribution in [2.45, 2.75) is 45.3 Å². The highest BCUT2D eigenvalue weighted by molar-refractivity contribution is 7.15. The average molecular weight is 378 g/mol. The van der Waals surface area contributed by atoms with Crippen molar-refractivity contribution < 1.29 is 13.9 Å². The molecule has 2 aromatic rings. The van der Waals surface area contributed by atoms with Crippen molar-refractivity contribution in [3.05, 3.63) is 40.7 Å². The second-order valence-corrected chi connectivity index (χ2v) is 7.70. The highest BCUT2D eigenvalue weighted by Crippen LogP contribution is 2.22. The van der Waals surface area contributed by atoms with Gasteiger partial charge in [0.2, 0.25) is 5.13 Å². The number of halogens is 1. The van der Waals surface area contributed by atoms with Gasteiger partial charge in [0.15, 0.2) is 0 Å². The number of hydrogen-bond donors (Lipinski definition) is 1. The zero-order valence-electron chi connectivity index (χ0n) is 14.9. The summed E-state index contributed by atoms with van der Waals surface area (Å²) in [6.45, 7) is 5.05. The molecule has 1 amide bonds. The fourth-order valence-corrected chi connectivity index (χ4v) is 3.67. The van der Waals surface area contributed by atoms with Gasteiger partial charge in [0.25, 0.3) is 0 Å². The van der Waals surface area contributed by atoms with Crippen molar-refractivity contribution in [3.8, 4) is 0 Å². The molecule has 1 N–H and O–H groups in total. The van der Waals surface area contributed by atoms with E-state index in [0.717, 1.165) is 28.5 Å². The minimum atomic E-state index is -0.240. The molecule has 0 bridgehead atoms. The first-order chi connectivity index (χ1) is 12.5. The van der Waals surface area contributed by atoms with E-state index < -0.39 is 0 Å². The summed E-state index contributed by atoms with van der Waals surface area (Å²) in [6, 6.07) is 6.69. The van der Waals surface area contributed by atoms with Crippen molar-refractivity contribution in [2.24, 2.45) is 0 Å². The maximum Gasteiger partial charge on any atom is 0.410 e. The summed E-state index contributed by atoms with van der Waals surface area (Å²) in [5.41, 5.74) is 1.01. The van der Waals surface area contributed by atoms with Gasteiger partial charge < -0.3 is 15.0 Å². The number of likely N-dealkylation sites (tertiary alicyclic amines) is 1. The van der Waals surface area contributed by atoms with E-state index >= 15 is 0 Å². The topological polar surface area (TPSA) is 67.3 Å². The van der Waals surface area contributed by atoms with Gasteiger partial charge in [-0.25, -0.2) is 9.18 Å². The number of carbonyl (C=O) groups excluding carboxylic acids is 1. The van der Waals surface area contributed by atoms with E-state index in [9.17, 15) is 9.18 Å². The molecule has 1 aliphatic rings. The van der Waals surface area contributed by atoms with Gasteiger partial charge >= 0.3 is 6.09 Å². The molecule has 8 heteroatoms. The lowest BCUT2D eigenvalue weighted by atomic mass is 10.1. The van der Waals surface area contributed by atoms with Crippen LogP contribution >= 0.6 is 11.3 Å². The molecular formula is C18H23FN4O2S. The molecule has 1 fully saturated rings. The smallest absolute Gasteiger partial charge is 0.410 e. The van der Waals surface area contributed by atoms with Gasteiger partial charge in [-0.3, -0.25) is 0 Å². The highest BCUT2D eigenvalue weighted by Gasteiger charge is 2.24. The number of amides is 1. The molecule has 1 aromatic carbocycles. The van der Waals surface area contributed by atoms with Crippen molar-refractivity contribution in [2.75, 3.05) is 18.4 Å². The van der Waals surface area contributed by atoms with Gasteiger partial charge in [-0.15, -0.1) is 10.2 Å². The number of benzene rings is 1. The van der Waals surface area contributed by atoms with Crippen LogP contribution in [0.4, 0.5) is 14.3 Å². The minimum Gasteiger partial charge on any atom is -0.447 e. The normalized spacial score (nSPS) is 15.3. The summed E-state index contributed by atoms with van der Waals surface area (Å²) < 4.78 is 18.2. The Balaban J connectivity index is 1.48. The maximum atomic E-state index is 13.0. The Hall–Kier alpha value is -2.22. The summed E-state index contributed by atoms with van der Waals surface area (Å²) in [5.74, 6) is -0.239. The van der Waals surface area contributed by atoms with E-state index in [-0.39, 0.29) is 24.1 Å². The van der Waals surface area contributed by atoms with Crippen molar-refractivity contribution in [1.29, 1.82) is 0 Å². The maximum absolute atomic E-state index is 13.0. The molecule has 1 aromatic heterocycles. The summed E-state index contributed by atoms with van der Waals surface area (Å²) in [4.78, 5) is 13.7. The third kappa shape index (κ3) is 5.14. The summed E-state index contributed by atoms with van der Waals surface area (Å²) in [7, 11) is 0. The van der Waals surface area contributed by atoms with E-state index in [0.29, 0.717) is 19.5 Å². The van der Waals surface area contributed by atoms with Gasteiger partial charge in [0, 0.05) is 25.6 Å². The predicted molar refractivity (Wildman–Crippen MR) is 98.9 cm³/mol. The Kier molecular flexibility index (Phi) is 6.03.